The summed E-state index contributed by atoms with van der Waals surface area (Å²) in [4.78, 5) is 0. The molecule has 0 aromatic carbocycles. The van der Waals surface area contributed by atoms with Crippen LogP contribution in [0.4, 0.5) is 0 Å². The number of allylic oxidation sites excluding steroid dienone is 1. The van der Waals surface area contributed by atoms with Gasteiger partial charge in [0.2, 0.25) is 0 Å². The molecule has 1 heterocycles. The van der Waals surface area contributed by atoms with Crippen molar-refractivity contribution in [3.05, 3.63) is 11.6 Å². The van der Waals surface area contributed by atoms with Crippen molar-refractivity contribution in [1.82, 2.24) is 0 Å². The van der Waals surface area contributed by atoms with E-state index in [0.29, 0.717) is 5.92 Å². The second kappa shape index (κ2) is 7.56. The fourth-order valence-electron chi connectivity index (χ4n) is 5.31. The summed E-state index contributed by atoms with van der Waals surface area (Å²) in [6.07, 6.45) is 11.3. The predicted octanol–water partition coefficient (Wildman–Crippen LogP) is 5.52. The van der Waals surface area contributed by atoms with Crippen LogP contribution < -0.4 is 0 Å². The van der Waals surface area contributed by atoms with Gasteiger partial charge in [-0.25, -0.2) is 0 Å². The molecule has 4 heteroatoms. The minimum atomic E-state index is -0.311. The Morgan fingerprint density at radius 3 is 2.59 bits per heavy atom. The highest BCUT2D eigenvalue weighted by molar-refractivity contribution is 14.1. The zero-order valence-electron chi connectivity index (χ0n) is 13.6. The molecule has 22 heavy (non-hydrogen) atoms. The van der Waals surface area contributed by atoms with Crippen LogP contribution in [0.15, 0.2) is 11.6 Å². The van der Waals surface area contributed by atoms with Crippen LogP contribution in [0.1, 0.15) is 51.9 Å². The van der Waals surface area contributed by atoms with Crippen LogP contribution in [0.3, 0.4) is 0 Å². The second-order valence-corrected chi connectivity index (χ2v) is 9.37. The Labute approximate surface area is 162 Å². The third-order valence-corrected chi connectivity index (χ3v) is 7.47. The van der Waals surface area contributed by atoms with Crippen LogP contribution in [0.2, 0.25) is 0 Å². The summed E-state index contributed by atoms with van der Waals surface area (Å²) in [7, 11) is 0. The molecule has 0 aromatic heterocycles. The van der Waals surface area contributed by atoms with E-state index in [1.165, 1.54) is 47.4 Å². The third-order valence-electron chi connectivity index (χ3n) is 5.94. The minimum absolute atomic E-state index is 0.174. The van der Waals surface area contributed by atoms with Crippen molar-refractivity contribution in [2.24, 2.45) is 17.3 Å². The summed E-state index contributed by atoms with van der Waals surface area (Å²) in [6, 6.07) is 0. The zero-order chi connectivity index (χ0) is 15.6. The van der Waals surface area contributed by atoms with E-state index in [2.05, 4.69) is 58.2 Å². The van der Waals surface area contributed by atoms with Crippen molar-refractivity contribution in [2.45, 2.75) is 57.7 Å². The van der Waals surface area contributed by atoms with Crippen LogP contribution in [-0.4, -0.2) is 27.9 Å². The van der Waals surface area contributed by atoms with E-state index in [0.717, 1.165) is 25.6 Å². The van der Waals surface area contributed by atoms with Gasteiger partial charge in [-0.15, -0.1) is 0 Å². The molecule has 1 saturated carbocycles. The minimum Gasteiger partial charge on any atom is -0.347 e. The van der Waals surface area contributed by atoms with Crippen LogP contribution in [0.25, 0.3) is 0 Å². The molecule has 1 saturated heterocycles. The summed E-state index contributed by atoms with van der Waals surface area (Å²) < 4.78 is 15.3. The standard InChI is InChI=1S/C18H28I2O2/c1-14-12-16-6-5-15(4-2-8-19)17(16,7-3-9-20)18(13-14)21-10-11-22-18/h5,14,16H,2-4,6-13H2,1H3/t14-,16-,17-/m1/s1. The fraction of sp³-hybridized carbons (Fsp3) is 0.889. The maximum absolute atomic E-state index is 6.41. The van der Waals surface area contributed by atoms with Crippen LogP contribution >= 0.6 is 45.2 Å². The van der Waals surface area contributed by atoms with Crippen molar-refractivity contribution in [3.8, 4) is 0 Å². The Balaban J connectivity index is 1.97. The van der Waals surface area contributed by atoms with Crippen LogP contribution in [0, 0.1) is 17.3 Å². The first kappa shape index (κ1) is 17.9. The molecule has 3 aliphatic rings. The number of fused-ring (bicyclic) bond motifs is 2. The summed E-state index contributed by atoms with van der Waals surface area (Å²) in [6.45, 7) is 3.95. The van der Waals surface area contributed by atoms with Crippen LogP contribution in [0.5, 0.6) is 0 Å². The maximum atomic E-state index is 6.41. The molecule has 3 rings (SSSR count). The van der Waals surface area contributed by atoms with Gasteiger partial charge in [0.05, 0.1) is 13.2 Å². The Hall–Kier alpha value is 1.12. The molecule has 2 nitrogen and oxygen atoms in total. The Kier molecular flexibility index (Phi) is 6.16. The van der Waals surface area contributed by atoms with Gasteiger partial charge >= 0.3 is 0 Å². The molecular weight excluding hydrogens is 502 g/mol. The van der Waals surface area contributed by atoms with Crippen molar-refractivity contribution in [1.29, 1.82) is 0 Å². The van der Waals surface area contributed by atoms with Crippen LogP contribution in [-0.2, 0) is 9.47 Å². The van der Waals surface area contributed by atoms with E-state index in [1.807, 2.05) is 0 Å². The highest BCUT2D eigenvalue weighted by Crippen LogP contribution is 2.64. The number of ether oxygens (including phenoxy) is 2. The normalized spacial score (nSPS) is 36.6. The highest BCUT2D eigenvalue weighted by Gasteiger charge is 2.64. The predicted molar refractivity (Wildman–Crippen MR) is 108 cm³/mol. The lowest BCUT2D eigenvalue weighted by atomic mass is 9.56. The molecular formula is C18H28I2O2. The zero-order valence-corrected chi connectivity index (χ0v) is 17.9. The topological polar surface area (TPSA) is 18.5 Å². The molecule has 0 N–H and O–H groups in total. The molecule has 0 radical (unpaired) electrons. The lowest BCUT2D eigenvalue weighted by Gasteiger charge is -2.55. The molecule has 0 aromatic rings. The van der Waals surface area contributed by atoms with Gasteiger partial charge in [0.15, 0.2) is 5.79 Å². The number of hydrogen-bond acceptors (Lipinski definition) is 2. The van der Waals surface area contributed by atoms with E-state index >= 15 is 0 Å². The summed E-state index contributed by atoms with van der Waals surface area (Å²) in [5, 5.41) is 0. The van der Waals surface area contributed by atoms with Gasteiger partial charge < -0.3 is 9.47 Å². The van der Waals surface area contributed by atoms with Gasteiger partial charge in [0.25, 0.3) is 0 Å². The summed E-state index contributed by atoms with van der Waals surface area (Å²) in [5.41, 5.74) is 1.85. The summed E-state index contributed by atoms with van der Waals surface area (Å²) in [5.74, 6) is 1.14. The molecule has 1 spiro atoms. The second-order valence-electron chi connectivity index (χ2n) is 7.21. The van der Waals surface area contributed by atoms with Gasteiger partial charge in [0.1, 0.15) is 0 Å². The first-order chi connectivity index (χ1) is 10.7. The van der Waals surface area contributed by atoms with E-state index in [9.17, 15) is 0 Å². The van der Waals surface area contributed by atoms with Crippen molar-refractivity contribution in [2.75, 3.05) is 22.1 Å². The van der Waals surface area contributed by atoms with Crippen molar-refractivity contribution in [3.63, 3.8) is 0 Å². The van der Waals surface area contributed by atoms with Crippen molar-refractivity contribution >= 4 is 45.2 Å². The number of halogens is 2. The largest absolute Gasteiger partial charge is 0.347 e. The van der Waals surface area contributed by atoms with Crippen molar-refractivity contribution < 1.29 is 9.47 Å². The highest BCUT2D eigenvalue weighted by atomic mass is 127. The lowest BCUT2D eigenvalue weighted by molar-refractivity contribution is -0.268. The smallest absolute Gasteiger partial charge is 0.178 e. The quantitative estimate of drug-likeness (QED) is 0.256. The molecule has 2 fully saturated rings. The van der Waals surface area contributed by atoms with E-state index in [-0.39, 0.29) is 11.2 Å². The van der Waals surface area contributed by atoms with E-state index < -0.39 is 0 Å². The fourth-order valence-corrected chi connectivity index (χ4v) is 6.07. The molecule has 0 bridgehead atoms. The number of rotatable bonds is 6. The van der Waals surface area contributed by atoms with Gasteiger partial charge in [-0.2, -0.15) is 0 Å². The SMILES string of the molecule is C[C@@H]1C[C@H]2CC=C(CCCI)[C@@]2(CCCI)C2(C1)OCCO2. The average Bonchev–Trinajstić information content (AvgIpc) is 3.10. The molecule has 0 amide bonds. The first-order valence-electron chi connectivity index (χ1n) is 8.78. The molecule has 126 valence electrons. The van der Waals surface area contributed by atoms with Gasteiger partial charge in [-0.3, -0.25) is 0 Å². The van der Waals surface area contributed by atoms with E-state index in [4.69, 9.17) is 9.47 Å². The van der Waals surface area contributed by atoms with Gasteiger partial charge in [0, 0.05) is 11.8 Å². The average molecular weight is 530 g/mol. The molecule has 0 unspecified atom stereocenters. The maximum Gasteiger partial charge on any atom is 0.178 e. The third kappa shape index (κ3) is 2.92. The molecule has 2 aliphatic carbocycles. The number of hydrogen-bond donors (Lipinski definition) is 0. The molecule has 3 atom stereocenters. The van der Waals surface area contributed by atoms with Gasteiger partial charge in [-0.1, -0.05) is 63.8 Å². The molecule has 1 aliphatic heterocycles. The number of alkyl halides is 2. The Bertz CT molecular complexity index is 417. The Morgan fingerprint density at radius 2 is 1.91 bits per heavy atom. The monoisotopic (exact) mass is 530 g/mol. The first-order valence-corrected chi connectivity index (χ1v) is 11.8. The van der Waals surface area contributed by atoms with Gasteiger partial charge in [-0.05, 0) is 59.2 Å². The Morgan fingerprint density at radius 1 is 1.18 bits per heavy atom. The van der Waals surface area contributed by atoms with E-state index in [1.54, 1.807) is 5.57 Å². The summed E-state index contributed by atoms with van der Waals surface area (Å²) >= 11 is 5.03. The lowest BCUT2D eigenvalue weighted by Crippen LogP contribution is -2.57.